The van der Waals surface area contributed by atoms with Crippen LogP contribution in [0.15, 0.2) is 24.3 Å². The molecule has 4 atom stereocenters. The molecule has 3 amide bonds. The van der Waals surface area contributed by atoms with E-state index in [1.807, 2.05) is 0 Å². The van der Waals surface area contributed by atoms with Crippen molar-refractivity contribution in [1.82, 2.24) is 16.0 Å². The van der Waals surface area contributed by atoms with Gasteiger partial charge in [-0.25, -0.2) is 0 Å². The van der Waals surface area contributed by atoms with Crippen LogP contribution in [0.2, 0.25) is 0 Å². The maximum Gasteiger partial charge on any atom is 0.325 e. The Morgan fingerprint density at radius 2 is 1.55 bits per heavy atom. The number of nitrogens with one attached hydrogen (secondary N) is 3. The van der Waals surface area contributed by atoms with Crippen LogP contribution in [0.5, 0.6) is 5.75 Å². The molecule has 0 radical (unpaired) electrons. The molecule has 184 valence electrons. The summed E-state index contributed by atoms with van der Waals surface area (Å²) in [4.78, 5) is 48.8. The minimum atomic E-state index is -1.23. The smallest absolute Gasteiger partial charge is 0.325 e. The van der Waals surface area contributed by atoms with Crippen molar-refractivity contribution in [3.8, 4) is 5.75 Å². The zero-order valence-electron chi connectivity index (χ0n) is 18.5. The molecule has 9 N–H and O–H groups in total. The largest absolute Gasteiger partial charge is 0.508 e. The molecule has 0 fully saturated rings. The molecule has 1 rings (SSSR count). The lowest BCUT2D eigenvalue weighted by Crippen LogP contribution is -2.57. The average molecular weight is 484 g/mol. The summed E-state index contributed by atoms with van der Waals surface area (Å²) in [5, 5.41) is 25.8. The minimum absolute atomic E-state index is 0.0464. The van der Waals surface area contributed by atoms with Crippen LogP contribution < -0.4 is 27.4 Å². The van der Waals surface area contributed by atoms with Gasteiger partial charge in [-0.05, 0) is 44.0 Å². The molecule has 0 aliphatic heterocycles. The Morgan fingerprint density at radius 1 is 0.970 bits per heavy atom. The lowest BCUT2D eigenvalue weighted by molar-refractivity contribution is -0.141. The Balaban J connectivity index is 2.94. The molecule has 0 aromatic heterocycles. The second-order valence-electron chi connectivity index (χ2n) is 7.63. The predicted molar refractivity (Wildman–Crippen MR) is 126 cm³/mol. The summed E-state index contributed by atoms with van der Waals surface area (Å²) in [6.07, 6.45) is 1.83. The first-order valence-corrected chi connectivity index (χ1v) is 11.2. The predicted octanol–water partition coefficient (Wildman–Crippen LogP) is -1.12. The third-order valence-electron chi connectivity index (χ3n) is 4.86. The van der Waals surface area contributed by atoms with Crippen LogP contribution in [-0.4, -0.2) is 70.4 Å². The zero-order valence-corrected chi connectivity index (χ0v) is 19.4. The highest BCUT2D eigenvalue weighted by atomic mass is 32.1. The summed E-state index contributed by atoms with van der Waals surface area (Å²) in [6.45, 7) is 1.77. The van der Waals surface area contributed by atoms with E-state index in [0.29, 0.717) is 31.4 Å². The first kappa shape index (κ1) is 28.2. The van der Waals surface area contributed by atoms with Gasteiger partial charge in [0.25, 0.3) is 0 Å². The van der Waals surface area contributed by atoms with Gasteiger partial charge in [0.05, 0.1) is 6.04 Å². The lowest BCUT2D eigenvalue weighted by Gasteiger charge is -2.24. The van der Waals surface area contributed by atoms with E-state index in [1.54, 1.807) is 12.1 Å². The number of hydrogen-bond acceptors (Lipinski definition) is 8. The number of carboxylic acids is 1. The molecule has 33 heavy (non-hydrogen) atoms. The lowest BCUT2D eigenvalue weighted by atomic mass is 10.0. The normalized spacial score (nSPS) is 14.4. The molecular weight excluding hydrogens is 450 g/mol. The second kappa shape index (κ2) is 14.3. The Hall–Kier alpha value is -2.83. The molecule has 11 nitrogen and oxygen atoms in total. The van der Waals surface area contributed by atoms with Crippen LogP contribution in [0.4, 0.5) is 0 Å². The summed E-state index contributed by atoms with van der Waals surface area (Å²) >= 11 is 4.06. The van der Waals surface area contributed by atoms with Gasteiger partial charge >= 0.3 is 5.97 Å². The number of rotatable bonds is 14. The highest BCUT2D eigenvalue weighted by molar-refractivity contribution is 7.80. The molecule has 4 unspecified atom stereocenters. The van der Waals surface area contributed by atoms with Gasteiger partial charge in [-0.1, -0.05) is 18.6 Å². The van der Waals surface area contributed by atoms with Crippen LogP contribution >= 0.6 is 12.6 Å². The molecule has 0 heterocycles. The summed E-state index contributed by atoms with van der Waals surface area (Å²) in [7, 11) is 0. The monoisotopic (exact) mass is 483 g/mol. The molecule has 0 spiro atoms. The van der Waals surface area contributed by atoms with E-state index >= 15 is 0 Å². The Kier molecular flexibility index (Phi) is 12.3. The number of amides is 3. The van der Waals surface area contributed by atoms with Crippen LogP contribution in [0, 0.1) is 0 Å². The first-order chi connectivity index (χ1) is 15.6. The molecule has 1 aromatic rings. The summed E-state index contributed by atoms with van der Waals surface area (Å²) in [5.41, 5.74) is 12.0. The van der Waals surface area contributed by atoms with Crippen LogP contribution in [-0.2, 0) is 25.6 Å². The van der Waals surface area contributed by atoms with Crippen molar-refractivity contribution in [1.29, 1.82) is 0 Å². The van der Waals surface area contributed by atoms with E-state index in [1.165, 1.54) is 19.1 Å². The topological polar surface area (TPSA) is 197 Å². The van der Waals surface area contributed by atoms with E-state index in [-0.39, 0.29) is 17.9 Å². The number of nitrogens with two attached hydrogens (primary N) is 2. The average Bonchev–Trinajstić information content (AvgIpc) is 2.77. The Morgan fingerprint density at radius 3 is 2.09 bits per heavy atom. The van der Waals surface area contributed by atoms with Gasteiger partial charge in [0.1, 0.15) is 23.9 Å². The van der Waals surface area contributed by atoms with Gasteiger partial charge in [0.2, 0.25) is 17.7 Å². The highest BCUT2D eigenvalue weighted by Gasteiger charge is 2.29. The number of aliphatic carboxylic acids is 1. The standard InChI is InChI=1S/C21H33N5O6S/c1-12(21(31)32)24-20(30)17(11-33)26-19(29)16(10-13-5-7-14(27)8-6-13)25-18(28)15(23)4-2-3-9-22/h5-8,12,15-17,27,33H,2-4,9-11,22-23H2,1H3,(H,24,30)(H,25,28)(H,26,29)(H,31,32). The zero-order chi connectivity index (χ0) is 25.0. The fourth-order valence-electron chi connectivity index (χ4n) is 2.84. The Labute approximate surface area is 198 Å². The van der Waals surface area contributed by atoms with E-state index in [9.17, 15) is 24.3 Å². The van der Waals surface area contributed by atoms with Gasteiger partial charge in [0, 0.05) is 12.2 Å². The van der Waals surface area contributed by atoms with Crippen LogP contribution in [0.3, 0.4) is 0 Å². The number of hydrogen-bond donors (Lipinski definition) is 8. The fraction of sp³-hybridized carbons (Fsp3) is 0.524. The van der Waals surface area contributed by atoms with E-state index < -0.39 is 47.9 Å². The van der Waals surface area contributed by atoms with Crippen molar-refractivity contribution in [3.05, 3.63) is 29.8 Å². The van der Waals surface area contributed by atoms with E-state index in [4.69, 9.17) is 16.6 Å². The maximum atomic E-state index is 13.0. The number of phenolic OH excluding ortho intramolecular Hbond substituents is 1. The summed E-state index contributed by atoms with van der Waals surface area (Å²) in [5.74, 6) is -3.19. The highest BCUT2D eigenvalue weighted by Crippen LogP contribution is 2.12. The molecule has 12 heteroatoms. The van der Waals surface area contributed by atoms with Crippen LogP contribution in [0.1, 0.15) is 31.7 Å². The molecule has 0 saturated carbocycles. The van der Waals surface area contributed by atoms with E-state index in [0.717, 1.165) is 0 Å². The van der Waals surface area contributed by atoms with Gasteiger partial charge in [0.15, 0.2) is 0 Å². The van der Waals surface area contributed by atoms with Crippen LogP contribution in [0.25, 0.3) is 0 Å². The number of carbonyl (C=O) groups excluding carboxylic acids is 3. The molecule has 0 saturated heterocycles. The molecule has 0 bridgehead atoms. The number of unbranched alkanes of at least 4 members (excludes halogenated alkanes) is 1. The van der Waals surface area contributed by atoms with Crippen molar-refractivity contribution in [2.45, 2.75) is 56.8 Å². The Bertz CT molecular complexity index is 807. The maximum absolute atomic E-state index is 13.0. The molecule has 0 aliphatic carbocycles. The summed E-state index contributed by atoms with van der Waals surface area (Å²) < 4.78 is 0. The van der Waals surface area contributed by atoms with Gasteiger partial charge in [-0.3, -0.25) is 19.2 Å². The SMILES string of the molecule is CC(NC(=O)C(CS)NC(=O)C(Cc1ccc(O)cc1)NC(=O)C(N)CCCCN)C(=O)O. The number of thiol groups is 1. The second-order valence-corrected chi connectivity index (χ2v) is 8.00. The first-order valence-electron chi connectivity index (χ1n) is 10.6. The summed E-state index contributed by atoms with van der Waals surface area (Å²) in [6, 6.07) is 1.89. The molecular formula is C21H33N5O6S. The number of carboxylic acid groups (broad SMARTS) is 1. The van der Waals surface area contributed by atoms with Gasteiger partial charge in [-0.2, -0.15) is 12.6 Å². The van der Waals surface area contributed by atoms with Crippen molar-refractivity contribution >= 4 is 36.3 Å². The quantitative estimate of drug-likeness (QED) is 0.120. The minimum Gasteiger partial charge on any atom is -0.508 e. The number of benzene rings is 1. The third kappa shape index (κ3) is 10.1. The van der Waals surface area contributed by atoms with Crippen molar-refractivity contribution in [2.75, 3.05) is 12.3 Å². The van der Waals surface area contributed by atoms with Crippen molar-refractivity contribution < 1.29 is 29.4 Å². The van der Waals surface area contributed by atoms with Crippen molar-refractivity contribution in [2.24, 2.45) is 11.5 Å². The van der Waals surface area contributed by atoms with Crippen molar-refractivity contribution in [3.63, 3.8) is 0 Å². The van der Waals surface area contributed by atoms with Gasteiger partial charge < -0.3 is 37.6 Å². The third-order valence-corrected chi connectivity index (χ3v) is 5.23. The van der Waals surface area contributed by atoms with Gasteiger partial charge in [-0.15, -0.1) is 0 Å². The fourth-order valence-corrected chi connectivity index (χ4v) is 3.09. The molecule has 1 aromatic carbocycles. The molecule has 0 aliphatic rings. The number of phenols is 1. The number of aromatic hydroxyl groups is 1. The van der Waals surface area contributed by atoms with E-state index in [2.05, 4.69) is 28.6 Å². The number of carbonyl (C=O) groups is 4.